The second kappa shape index (κ2) is 4.92. The molecule has 0 aromatic rings. The van der Waals surface area contributed by atoms with E-state index in [1.54, 1.807) is 0 Å². The van der Waals surface area contributed by atoms with Crippen LogP contribution in [0.5, 0.6) is 0 Å². The molecule has 0 saturated heterocycles. The summed E-state index contributed by atoms with van der Waals surface area (Å²) < 4.78 is 3.59. The lowest BCUT2D eigenvalue weighted by atomic mass is 10.3. The summed E-state index contributed by atoms with van der Waals surface area (Å²) in [6, 6.07) is 0. The predicted molar refractivity (Wildman–Crippen MR) is 36.9 cm³/mol. The van der Waals surface area contributed by atoms with E-state index >= 15 is 0 Å². The Morgan fingerprint density at radius 1 is 1.55 bits per heavy atom. The van der Waals surface area contributed by atoms with Gasteiger partial charge in [-0.15, -0.1) is 11.6 Å². The molecule has 0 bridgehead atoms. The van der Waals surface area contributed by atoms with Crippen LogP contribution in [-0.4, -0.2) is 28.6 Å². The van der Waals surface area contributed by atoms with Crippen molar-refractivity contribution >= 4 is 40.9 Å². The molecule has 0 unspecified atom stereocenters. The molecule has 7 heteroatoms. The van der Waals surface area contributed by atoms with Gasteiger partial charge in [0.15, 0.2) is 0 Å². The first-order chi connectivity index (χ1) is 5.17. The van der Waals surface area contributed by atoms with Gasteiger partial charge in [-0.1, -0.05) is 5.16 Å². The van der Waals surface area contributed by atoms with Crippen LogP contribution in [0, 0.1) is 0 Å². The van der Waals surface area contributed by atoms with Gasteiger partial charge in [0.2, 0.25) is 11.5 Å². The number of rotatable bonds is 3. The van der Waals surface area contributed by atoms with Crippen LogP contribution in [0.15, 0.2) is 5.16 Å². The summed E-state index contributed by atoms with van der Waals surface area (Å²) in [5.41, 5.74) is -0.824. The number of halogens is 2. The number of nitrogens with zero attached hydrogens (tertiary/aromatic N) is 1. The Hall–Kier alpha value is -0.810. The Balaban J connectivity index is 4.43. The summed E-state index contributed by atoms with van der Waals surface area (Å²) in [5, 5.41) is 10.4. The molecule has 0 rings (SSSR count). The topological polar surface area (TPSA) is 76.0 Å². The predicted octanol–water partition coefficient (Wildman–Crippen LogP) is 0.321. The molecular formula is C4H3Cl2NO4. The van der Waals surface area contributed by atoms with Crippen molar-refractivity contribution in [2.24, 2.45) is 5.16 Å². The molecule has 0 saturated carbocycles. The van der Waals surface area contributed by atoms with E-state index in [0.29, 0.717) is 0 Å². The summed E-state index contributed by atoms with van der Waals surface area (Å²) >= 11 is 9.62. The van der Waals surface area contributed by atoms with Crippen LogP contribution in [0.4, 0.5) is 0 Å². The highest BCUT2D eigenvalue weighted by Gasteiger charge is 2.21. The zero-order valence-electron chi connectivity index (χ0n) is 5.08. The molecule has 0 aromatic carbocycles. The van der Waals surface area contributed by atoms with Gasteiger partial charge in [0.05, 0.1) is 5.88 Å². The van der Waals surface area contributed by atoms with E-state index in [1.807, 2.05) is 0 Å². The first-order valence-electron chi connectivity index (χ1n) is 2.31. The Bertz CT molecular complexity index is 184. The van der Waals surface area contributed by atoms with Gasteiger partial charge in [0.1, 0.15) is 11.9 Å². The quantitative estimate of drug-likeness (QED) is 0.234. The van der Waals surface area contributed by atoms with E-state index in [0.717, 1.165) is 0 Å². The second-order valence-corrected chi connectivity index (χ2v) is 1.79. The SMILES string of the molecule is O=C(CCl)C(=NO)C(=O)OCl. The van der Waals surface area contributed by atoms with Gasteiger partial charge in [-0.25, -0.2) is 4.79 Å². The van der Waals surface area contributed by atoms with E-state index in [4.69, 9.17) is 16.8 Å². The highest BCUT2D eigenvalue weighted by Crippen LogP contribution is 1.91. The summed E-state index contributed by atoms with van der Waals surface area (Å²) in [7, 11) is 0. The number of oxime groups is 1. The zero-order chi connectivity index (χ0) is 8.85. The second-order valence-electron chi connectivity index (χ2n) is 1.37. The fourth-order valence-electron chi connectivity index (χ4n) is 0.310. The van der Waals surface area contributed by atoms with Crippen LogP contribution in [-0.2, 0) is 13.9 Å². The smallest absolute Gasteiger partial charge is 0.382 e. The molecule has 0 amide bonds. The Labute approximate surface area is 71.7 Å². The molecule has 0 spiro atoms. The average molecular weight is 200 g/mol. The summed E-state index contributed by atoms with van der Waals surface area (Å²) in [6.07, 6.45) is 0. The largest absolute Gasteiger partial charge is 0.410 e. The lowest BCUT2D eigenvalue weighted by Crippen LogP contribution is -2.25. The fraction of sp³-hybridized carbons (Fsp3) is 0.250. The van der Waals surface area contributed by atoms with Crippen molar-refractivity contribution in [2.45, 2.75) is 0 Å². The number of hydrogen-bond acceptors (Lipinski definition) is 5. The molecule has 0 heterocycles. The van der Waals surface area contributed by atoms with Crippen LogP contribution >= 0.6 is 23.5 Å². The van der Waals surface area contributed by atoms with Crippen LogP contribution in [0.25, 0.3) is 0 Å². The van der Waals surface area contributed by atoms with Gasteiger partial charge in [-0.05, 0) is 0 Å². The number of ketones is 1. The third-order valence-electron chi connectivity index (χ3n) is 0.749. The van der Waals surface area contributed by atoms with Crippen LogP contribution in [0.2, 0.25) is 0 Å². The van der Waals surface area contributed by atoms with Crippen LogP contribution in [0.3, 0.4) is 0 Å². The molecular weight excluding hydrogens is 197 g/mol. The Kier molecular flexibility index (Phi) is 4.56. The number of carbonyl (C=O) groups excluding carboxylic acids is 2. The van der Waals surface area contributed by atoms with E-state index in [1.165, 1.54) is 0 Å². The van der Waals surface area contributed by atoms with Crippen LogP contribution < -0.4 is 0 Å². The zero-order valence-corrected chi connectivity index (χ0v) is 6.59. The lowest BCUT2D eigenvalue weighted by molar-refractivity contribution is -0.127. The monoisotopic (exact) mass is 199 g/mol. The van der Waals surface area contributed by atoms with Gasteiger partial charge < -0.3 is 9.50 Å². The molecule has 1 N–H and O–H groups in total. The molecule has 0 fully saturated rings. The van der Waals surface area contributed by atoms with Gasteiger partial charge >= 0.3 is 5.97 Å². The molecule has 62 valence electrons. The maximum atomic E-state index is 10.6. The van der Waals surface area contributed by atoms with E-state index in [9.17, 15) is 9.59 Å². The molecule has 11 heavy (non-hydrogen) atoms. The van der Waals surface area contributed by atoms with Crippen molar-refractivity contribution in [3.63, 3.8) is 0 Å². The van der Waals surface area contributed by atoms with Crippen molar-refractivity contribution in [2.75, 3.05) is 5.88 Å². The van der Waals surface area contributed by atoms with Gasteiger partial charge in [-0.2, -0.15) is 0 Å². The average Bonchev–Trinajstić information content (AvgIpc) is 2.05. The van der Waals surface area contributed by atoms with Gasteiger partial charge in [-0.3, -0.25) is 4.79 Å². The van der Waals surface area contributed by atoms with Crippen molar-refractivity contribution in [1.82, 2.24) is 0 Å². The molecule has 0 aliphatic heterocycles. The minimum Gasteiger partial charge on any atom is -0.410 e. The number of alkyl halides is 1. The first-order valence-corrected chi connectivity index (χ1v) is 3.15. The summed E-state index contributed by atoms with van der Waals surface area (Å²) in [5.74, 6) is -2.58. The summed E-state index contributed by atoms with van der Waals surface area (Å²) in [6.45, 7) is 0. The van der Waals surface area contributed by atoms with Gasteiger partial charge in [0, 0.05) is 0 Å². The number of carbonyl (C=O) groups is 2. The third kappa shape index (κ3) is 2.73. The van der Waals surface area contributed by atoms with Crippen molar-refractivity contribution < 1.29 is 19.1 Å². The van der Waals surface area contributed by atoms with Crippen molar-refractivity contribution in [3.8, 4) is 0 Å². The maximum Gasteiger partial charge on any atom is 0.382 e. The van der Waals surface area contributed by atoms with Gasteiger partial charge in [0.25, 0.3) is 0 Å². The Morgan fingerprint density at radius 3 is 2.36 bits per heavy atom. The lowest BCUT2D eigenvalue weighted by Gasteiger charge is -1.93. The highest BCUT2D eigenvalue weighted by atomic mass is 35.5. The molecule has 5 nitrogen and oxygen atoms in total. The number of Topliss-reactive ketones (excluding diaryl/α,β-unsaturated/α-hetero) is 1. The molecule has 0 aliphatic carbocycles. The standard InChI is InChI=1S/C4H3Cl2NO4/c5-1-2(8)3(7-10)4(9)11-6/h10H,1H2. The molecule has 0 atom stereocenters. The minimum absolute atomic E-state index is 0.481. The van der Waals surface area contributed by atoms with E-state index in [-0.39, 0.29) is 0 Å². The normalized spacial score (nSPS) is 10.9. The van der Waals surface area contributed by atoms with Crippen LogP contribution in [0.1, 0.15) is 0 Å². The third-order valence-corrected chi connectivity index (χ3v) is 1.13. The van der Waals surface area contributed by atoms with Crippen molar-refractivity contribution in [3.05, 3.63) is 0 Å². The first kappa shape index (κ1) is 10.2. The van der Waals surface area contributed by atoms with E-state index < -0.39 is 23.3 Å². The van der Waals surface area contributed by atoms with Crippen molar-refractivity contribution in [1.29, 1.82) is 0 Å². The Morgan fingerprint density at radius 2 is 2.09 bits per heavy atom. The van der Waals surface area contributed by atoms with E-state index in [2.05, 4.69) is 21.3 Å². The number of hydrogen-bond donors (Lipinski definition) is 1. The minimum atomic E-state index is -1.24. The highest BCUT2D eigenvalue weighted by molar-refractivity contribution is 6.68. The summed E-state index contributed by atoms with van der Waals surface area (Å²) in [4.78, 5) is 21.0. The molecule has 0 radical (unpaired) electrons. The molecule has 0 aliphatic rings. The fourth-order valence-corrected chi connectivity index (χ4v) is 0.510. The molecule has 0 aromatic heterocycles. The maximum absolute atomic E-state index is 10.6.